The number of methoxy groups -OCH3 is 1. The molecule has 0 bridgehead atoms. The molecule has 1 fully saturated rings. The number of ether oxygens (including phenoxy) is 2. The normalized spacial score (nSPS) is 14.9. The third-order valence-electron chi connectivity index (χ3n) is 4.49. The van der Waals surface area contributed by atoms with E-state index in [0.29, 0.717) is 38.5 Å². The number of carbonyl (C=O) groups excluding carboxylic acids is 2. The minimum atomic E-state index is -0.419. The van der Waals surface area contributed by atoms with E-state index in [2.05, 4.69) is 4.74 Å². The Labute approximate surface area is 194 Å². The average Bonchev–Trinajstić information content (AvgIpc) is 3.01. The summed E-state index contributed by atoms with van der Waals surface area (Å²) >= 11 is 12.5. The lowest BCUT2D eigenvalue weighted by molar-refractivity contribution is -0.141. The zero-order valence-corrected chi connectivity index (χ0v) is 19.0. The van der Waals surface area contributed by atoms with Crippen LogP contribution in [0.2, 0.25) is 5.02 Å². The number of halogens is 2. The smallest absolute Gasteiger partial charge is 0.305 e. The summed E-state index contributed by atoms with van der Waals surface area (Å²) in [4.78, 5) is 25.8. The Kier molecular flexibility index (Phi) is 8.06. The van der Waals surface area contributed by atoms with Crippen molar-refractivity contribution in [3.8, 4) is 5.75 Å². The van der Waals surface area contributed by atoms with Crippen molar-refractivity contribution < 1.29 is 23.5 Å². The maximum Gasteiger partial charge on any atom is 0.305 e. The summed E-state index contributed by atoms with van der Waals surface area (Å²) in [5.41, 5.74) is 1.09. The number of carbonyl (C=O) groups is 2. The second kappa shape index (κ2) is 10.7. The molecule has 0 atom stereocenters. The molecular weight excluding hydrogens is 461 g/mol. The van der Waals surface area contributed by atoms with Gasteiger partial charge < -0.3 is 9.47 Å². The van der Waals surface area contributed by atoms with E-state index in [1.54, 1.807) is 36.4 Å². The summed E-state index contributed by atoms with van der Waals surface area (Å²) in [6, 6.07) is 11.5. The number of rotatable bonds is 8. The van der Waals surface area contributed by atoms with Crippen molar-refractivity contribution in [2.24, 2.45) is 0 Å². The minimum Gasteiger partial charge on any atom is -0.489 e. The first kappa shape index (κ1) is 23.2. The number of thiocarbonyl (C=S) groups is 1. The fourth-order valence-corrected chi connectivity index (χ4v) is 4.34. The van der Waals surface area contributed by atoms with Crippen LogP contribution >= 0.6 is 35.6 Å². The number of benzene rings is 2. The van der Waals surface area contributed by atoms with E-state index < -0.39 is 5.82 Å². The molecule has 0 aliphatic carbocycles. The molecule has 1 amide bonds. The van der Waals surface area contributed by atoms with Crippen LogP contribution in [-0.4, -0.2) is 34.8 Å². The topological polar surface area (TPSA) is 55.8 Å². The highest BCUT2D eigenvalue weighted by molar-refractivity contribution is 8.26. The van der Waals surface area contributed by atoms with Crippen molar-refractivity contribution in [1.29, 1.82) is 0 Å². The van der Waals surface area contributed by atoms with Crippen LogP contribution in [0.25, 0.3) is 6.08 Å². The van der Waals surface area contributed by atoms with Crippen LogP contribution in [0.3, 0.4) is 0 Å². The lowest BCUT2D eigenvalue weighted by Gasteiger charge is -2.13. The molecule has 0 N–H and O–H groups in total. The van der Waals surface area contributed by atoms with E-state index in [1.807, 2.05) is 0 Å². The van der Waals surface area contributed by atoms with Gasteiger partial charge >= 0.3 is 5.97 Å². The van der Waals surface area contributed by atoms with Gasteiger partial charge in [0.15, 0.2) is 0 Å². The van der Waals surface area contributed by atoms with Gasteiger partial charge in [0.25, 0.3) is 5.91 Å². The lowest BCUT2D eigenvalue weighted by atomic mass is 10.2. The molecule has 1 heterocycles. The van der Waals surface area contributed by atoms with Crippen LogP contribution in [0.4, 0.5) is 4.39 Å². The van der Waals surface area contributed by atoms with Gasteiger partial charge in [-0.3, -0.25) is 14.5 Å². The SMILES string of the molecule is COC(=O)CCCN1C(=O)/C(=C\c2ccc(OCc3c(F)cccc3Cl)cc2)SC1=S. The third kappa shape index (κ3) is 6.06. The molecule has 5 nitrogen and oxygen atoms in total. The molecule has 0 spiro atoms. The quantitative estimate of drug-likeness (QED) is 0.294. The number of hydrogen-bond donors (Lipinski definition) is 0. The van der Waals surface area contributed by atoms with Gasteiger partial charge in [-0.2, -0.15) is 0 Å². The summed E-state index contributed by atoms with van der Waals surface area (Å²) in [7, 11) is 1.33. The zero-order chi connectivity index (χ0) is 22.4. The Morgan fingerprint density at radius 1 is 1.26 bits per heavy atom. The molecule has 9 heteroatoms. The molecule has 2 aromatic carbocycles. The van der Waals surface area contributed by atoms with Crippen molar-refractivity contribution in [2.45, 2.75) is 19.4 Å². The van der Waals surface area contributed by atoms with E-state index >= 15 is 0 Å². The van der Waals surface area contributed by atoms with Crippen LogP contribution < -0.4 is 4.74 Å². The molecule has 1 aliphatic heterocycles. The predicted octanol–water partition coefficient (Wildman–Crippen LogP) is 5.21. The molecule has 0 saturated carbocycles. The Morgan fingerprint density at radius 2 is 2.00 bits per heavy atom. The number of amides is 1. The fourth-order valence-electron chi connectivity index (χ4n) is 2.81. The molecule has 31 heavy (non-hydrogen) atoms. The Morgan fingerprint density at radius 3 is 2.68 bits per heavy atom. The molecule has 3 rings (SSSR count). The second-order valence-corrected chi connectivity index (χ2v) is 8.65. The highest BCUT2D eigenvalue weighted by atomic mass is 35.5. The van der Waals surface area contributed by atoms with Gasteiger partial charge in [0.1, 0.15) is 22.5 Å². The maximum absolute atomic E-state index is 13.8. The van der Waals surface area contributed by atoms with Gasteiger partial charge in [0, 0.05) is 18.5 Å². The first-order valence-corrected chi connectivity index (χ1v) is 11.0. The molecule has 0 radical (unpaired) electrons. The summed E-state index contributed by atoms with van der Waals surface area (Å²) < 4.78 is 24.5. The van der Waals surface area contributed by atoms with Crippen molar-refractivity contribution in [3.05, 3.63) is 69.3 Å². The molecule has 1 saturated heterocycles. The largest absolute Gasteiger partial charge is 0.489 e. The van der Waals surface area contributed by atoms with Gasteiger partial charge in [0.2, 0.25) is 0 Å². The molecule has 162 valence electrons. The van der Waals surface area contributed by atoms with Crippen molar-refractivity contribution in [3.63, 3.8) is 0 Å². The summed E-state index contributed by atoms with van der Waals surface area (Å²) in [6.45, 7) is 0.373. The second-order valence-electron chi connectivity index (χ2n) is 6.57. The number of esters is 1. The lowest BCUT2D eigenvalue weighted by Crippen LogP contribution is -2.29. The van der Waals surface area contributed by atoms with Gasteiger partial charge in [-0.15, -0.1) is 0 Å². The number of hydrogen-bond acceptors (Lipinski definition) is 6. The Balaban J connectivity index is 1.60. The zero-order valence-electron chi connectivity index (χ0n) is 16.6. The van der Waals surface area contributed by atoms with Crippen LogP contribution in [-0.2, 0) is 20.9 Å². The standard InChI is InChI=1S/C22H19ClFNO4S2/c1-28-20(26)6-3-11-25-21(27)19(31-22(25)30)12-14-7-9-15(10-8-14)29-13-16-17(23)4-2-5-18(16)24/h2,4-5,7-10,12H,3,6,11,13H2,1H3/b19-12+. The molecule has 0 aromatic heterocycles. The first-order valence-electron chi connectivity index (χ1n) is 9.37. The highest BCUT2D eigenvalue weighted by Gasteiger charge is 2.31. The molecule has 1 aliphatic rings. The van der Waals surface area contributed by atoms with E-state index in [1.165, 1.54) is 35.9 Å². The first-order chi connectivity index (χ1) is 14.9. The fraction of sp³-hybridized carbons (Fsp3) is 0.227. The number of nitrogens with zero attached hydrogens (tertiary/aromatic N) is 1. The van der Waals surface area contributed by atoms with Crippen LogP contribution in [0.1, 0.15) is 24.0 Å². The highest BCUT2D eigenvalue weighted by Crippen LogP contribution is 2.33. The van der Waals surface area contributed by atoms with Crippen molar-refractivity contribution >= 4 is 57.9 Å². The molecule has 0 unspecified atom stereocenters. The molecule has 2 aromatic rings. The maximum atomic E-state index is 13.8. The van der Waals surface area contributed by atoms with E-state index in [4.69, 9.17) is 28.6 Å². The van der Waals surface area contributed by atoms with E-state index in [-0.39, 0.29) is 24.9 Å². The summed E-state index contributed by atoms with van der Waals surface area (Å²) in [5, 5.41) is 0.310. The Bertz CT molecular complexity index is 1010. The minimum absolute atomic E-state index is 0.00901. The monoisotopic (exact) mass is 479 g/mol. The summed E-state index contributed by atoms with van der Waals surface area (Å²) in [5.74, 6) is -0.375. The predicted molar refractivity (Wildman–Crippen MR) is 123 cm³/mol. The van der Waals surface area contributed by atoms with Crippen LogP contribution in [0.5, 0.6) is 5.75 Å². The van der Waals surface area contributed by atoms with Crippen LogP contribution in [0, 0.1) is 5.82 Å². The van der Waals surface area contributed by atoms with Gasteiger partial charge in [-0.05, 0) is 42.3 Å². The van der Waals surface area contributed by atoms with Gasteiger partial charge in [-0.1, -0.05) is 53.8 Å². The third-order valence-corrected chi connectivity index (χ3v) is 6.22. The average molecular weight is 480 g/mol. The van der Waals surface area contributed by atoms with E-state index in [9.17, 15) is 14.0 Å². The van der Waals surface area contributed by atoms with Gasteiger partial charge in [0.05, 0.1) is 17.0 Å². The molecular formula is C22H19ClFNO4S2. The van der Waals surface area contributed by atoms with Gasteiger partial charge in [-0.25, -0.2) is 4.39 Å². The Hall–Kier alpha value is -2.42. The van der Waals surface area contributed by atoms with Crippen LogP contribution in [0.15, 0.2) is 47.4 Å². The van der Waals surface area contributed by atoms with Crippen molar-refractivity contribution in [2.75, 3.05) is 13.7 Å². The van der Waals surface area contributed by atoms with Crippen molar-refractivity contribution in [1.82, 2.24) is 4.90 Å². The van der Waals surface area contributed by atoms with E-state index in [0.717, 1.165) is 5.56 Å². The summed E-state index contributed by atoms with van der Waals surface area (Å²) in [6.07, 6.45) is 2.45. The number of thioether (sulfide) groups is 1.